The topological polar surface area (TPSA) is 69.2 Å². The van der Waals surface area contributed by atoms with Crippen molar-refractivity contribution in [1.82, 2.24) is 0 Å². The van der Waals surface area contributed by atoms with E-state index in [2.05, 4.69) is 0 Å². The maximum Gasteiger partial charge on any atom is 3.00 e. The molecule has 0 aliphatic heterocycles. The minimum Gasteiger partial charge on any atom is -0.850 e. The maximum absolute atomic E-state index is 10.1. The minimum atomic E-state index is -0.750. The summed E-state index contributed by atoms with van der Waals surface area (Å²) in [7, 11) is 0. The Labute approximate surface area is 116 Å². The summed E-state index contributed by atoms with van der Waals surface area (Å²) in [4.78, 5) is 0. The Morgan fingerprint density at radius 1 is 0.438 bits per heavy atom. The maximum atomic E-state index is 10.1. The van der Waals surface area contributed by atoms with Gasteiger partial charge in [0.2, 0.25) is 0 Å². The molecule has 16 heavy (non-hydrogen) atoms. The van der Waals surface area contributed by atoms with Gasteiger partial charge in [0, 0.05) is 0 Å². The Kier molecular flexibility index (Phi) is 15.3. The molecule has 0 amide bonds. The van der Waals surface area contributed by atoms with Crippen LogP contribution in [0.5, 0.6) is 0 Å². The number of rotatable bonds is 0. The van der Waals surface area contributed by atoms with Crippen LogP contribution in [0.2, 0.25) is 0 Å². The van der Waals surface area contributed by atoms with Gasteiger partial charge in [0.25, 0.3) is 0 Å². The van der Waals surface area contributed by atoms with Crippen LogP contribution in [0.4, 0.5) is 0 Å². The Bertz CT molecular complexity index is 91.3. The molecule has 0 saturated heterocycles. The molecule has 0 heterocycles. The van der Waals surface area contributed by atoms with E-state index in [0.29, 0.717) is 0 Å². The Hall–Kier alpha value is 0.594. The van der Waals surface area contributed by atoms with Crippen LogP contribution in [-0.2, 0) is 21.7 Å². The van der Waals surface area contributed by atoms with E-state index >= 15 is 0 Å². The van der Waals surface area contributed by atoms with Gasteiger partial charge in [0.15, 0.2) is 0 Å². The first-order chi connectivity index (χ1) is 6.00. The van der Waals surface area contributed by atoms with E-state index in [0.717, 1.165) is 0 Å². The molecular weight excluding hydrogens is 240 g/mol. The zero-order valence-corrected chi connectivity index (χ0v) is 13.8. The minimum absolute atomic E-state index is 0. The summed E-state index contributed by atoms with van der Waals surface area (Å²) in [6.07, 6.45) is 0. The molecule has 0 bridgehead atoms. The van der Waals surface area contributed by atoms with Gasteiger partial charge in [-0.1, -0.05) is 62.3 Å². The van der Waals surface area contributed by atoms with Gasteiger partial charge in [-0.3, -0.25) is 0 Å². The van der Waals surface area contributed by atoms with Crippen molar-refractivity contribution in [2.75, 3.05) is 0 Å². The molecule has 0 aliphatic rings. The molecule has 0 unspecified atom stereocenters. The fourth-order valence-electron chi connectivity index (χ4n) is 0. The standard InChI is InChI=1S/3C4H9O.Ti/c3*1-4(2,3)5;/h3*1-3H3;/q3*-1;+3. The third-order valence-corrected chi connectivity index (χ3v) is 0. The summed E-state index contributed by atoms with van der Waals surface area (Å²) in [5, 5.41) is 30.3. The van der Waals surface area contributed by atoms with Crippen LogP contribution in [-0.4, -0.2) is 16.8 Å². The third-order valence-electron chi connectivity index (χ3n) is 0. The van der Waals surface area contributed by atoms with Crippen LogP contribution in [0.25, 0.3) is 0 Å². The molecule has 0 saturated carbocycles. The molecule has 97 valence electrons. The van der Waals surface area contributed by atoms with Crippen LogP contribution in [0.1, 0.15) is 62.3 Å². The van der Waals surface area contributed by atoms with Crippen LogP contribution in [0.3, 0.4) is 0 Å². The van der Waals surface area contributed by atoms with E-state index in [1.54, 1.807) is 62.3 Å². The summed E-state index contributed by atoms with van der Waals surface area (Å²) in [5.74, 6) is 0. The van der Waals surface area contributed by atoms with Gasteiger partial charge in [-0.2, -0.15) is 0 Å². The van der Waals surface area contributed by atoms with Gasteiger partial charge in [0.05, 0.1) is 0 Å². The van der Waals surface area contributed by atoms with Crippen molar-refractivity contribution in [3.05, 3.63) is 0 Å². The molecular formula is C12H27O3Ti. The molecule has 0 fully saturated rings. The van der Waals surface area contributed by atoms with Crippen molar-refractivity contribution >= 4 is 0 Å². The average molecular weight is 267 g/mol. The van der Waals surface area contributed by atoms with Crippen molar-refractivity contribution < 1.29 is 37.0 Å². The predicted molar refractivity (Wildman–Crippen MR) is 59.3 cm³/mol. The van der Waals surface area contributed by atoms with Gasteiger partial charge in [-0.25, -0.2) is 0 Å². The fraction of sp³-hybridized carbons (Fsp3) is 1.00. The summed E-state index contributed by atoms with van der Waals surface area (Å²) < 4.78 is 0. The van der Waals surface area contributed by atoms with E-state index in [4.69, 9.17) is 0 Å². The van der Waals surface area contributed by atoms with Crippen LogP contribution < -0.4 is 15.3 Å². The molecule has 0 aliphatic carbocycles. The summed E-state index contributed by atoms with van der Waals surface area (Å²) >= 11 is 0. The van der Waals surface area contributed by atoms with Crippen molar-refractivity contribution in [3.63, 3.8) is 0 Å². The molecule has 0 aromatic heterocycles. The molecule has 0 rings (SSSR count). The molecule has 1 radical (unpaired) electrons. The van der Waals surface area contributed by atoms with Crippen molar-refractivity contribution in [2.45, 2.75) is 79.1 Å². The summed E-state index contributed by atoms with van der Waals surface area (Å²) in [6, 6.07) is 0. The Morgan fingerprint density at radius 2 is 0.438 bits per heavy atom. The van der Waals surface area contributed by atoms with Gasteiger partial charge >= 0.3 is 21.7 Å². The Morgan fingerprint density at radius 3 is 0.438 bits per heavy atom. The number of hydrogen-bond donors (Lipinski definition) is 0. The van der Waals surface area contributed by atoms with Crippen molar-refractivity contribution in [1.29, 1.82) is 0 Å². The van der Waals surface area contributed by atoms with E-state index in [9.17, 15) is 15.3 Å². The largest absolute Gasteiger partial charge is 3.00 e. The Balaban J connectivity index is -0.0000000655. The second-order valence-corrected chi connectivity index (χ2v) is 6.34. The second-order valence-electron chi connectivity index (χ2n) is 6.34. The molecule has 0 aromatic rings. The van der Waals surface area contributed by atoms with Crippen LogP contribution in [0.15, 0.2) is 0 Å². The zero-order chi connectivity index (χ0) is 13.5. The average Bonchev–Trinajstić information content (AvgIpc) is 1.41. The SMILES string of the molecule is CC(C)(C)[O-].CC(C)(C)[O-].CC(C)(C)[O-].[Ti+3]. The molecule has 0 aromatic carbocycles. The van der Waals surface area contributed by atoms with E-state index in [1.807, 2.05) is 0 Å². The normalized spacial score (nSPS) is 11.2. The van der Waals surface area contributed by atoms with Crippen molar-refractivity contribution in [3.8, 4) is 0 Å². The molecule has 3 nitrogen and oxygen atoms in total. The zero-order valence-electron chi connectivity index (χ0n) is 12.2. The smallest absolute Gasteiger partial charge is 0.850 e. The van der Waals surface area contributed by atoms with E-state index in [1.165, 1.54) is 0 Å². The van der Waals surface area contributed by atoms with Gasteiger partial charge < -0.3 is 15.3 Å². The van der Waals surface area contributed by atoms with E-state index in [-0.39, 0.29) is 21.7 Å². The molecule has 0 spiro atoms. The fourth-order valence-corrected chi connectivity index (χ4v) is 0. The number of hydrogen-bond acceptors (Lipinski definition) is 3. The van der Waals surface area contributed by atoms with Gasteiger partial charge in [-0.05, 0) is 0 Å². The predicted octanol–water partition coefficient (Wildman–Crippen LogP) is 0.433. The van der Waals surface area contributed by atoms with Crippen LogP contribution >= 0.6 is 0 Å². The molecule has 0 atom stereocenters. The van der Waals surface area contributed by atoms with Crippen molar-refractivity contribution in [2.24, 2.45) is 0 Å². The van der Waals surface area contributed by atoms with Gasteiger partial charge in [0.1, 0.15) is 0 Å². The first kappa shape index (κ1) is 25.4. The first-order valence-corrected chi connectivity index (χ1v) is 5.11. The third kappa shape index (κ3) is 7640. The van der Waals surface area contributed by atoms with E-state index < -0.39 is 16.8 Å². The first-order valence-electron chi connectivity index (χ1n) is 5.11. The van der Waals surface area contributed by atoms with Gasteiger partial charge in [-0.15, -0.1) is 16.8 Å². The quantitative estimate of drug-likeness (QED) is 0.598. The van der Waals surface area contributed by atoms with Crippen LogP contribution in [0, 0.1) is 0 Å². The molecule has 0 N–H and O–H groups in total. The molecule has 4 heteroatoms. The summed E-state index contributed by atoms with van der Waals surface area (Å²) in [5.41, 5.74) is -2.25. The second kappa shape index (κ2) is 9.61. The summed E-state index contributed by atoms with van der Waals surface area (Å²) in [6.45, 7) is 14.7. The monoisotopic (exact) mass is 267 g/mol.